The molecular weight excluding hydrogens is 946 g/mol. The number of hydrogen-bond acceptors (Lipinski definition) is 16. The van der Waals surface area contributed by atoms with E-state index in [1.807, 2.05) is 34.6 Å². The lowest BCUT2D eigenvalue weighted by Gasteiger charge is -2.39. The Morgan fingerprint density at radius 3 is 1.63 bits per heavy atom. The number of imidazole rings is 2. The zero-order valence-electron chi connectivity index (χ0n) is 35.4. The molecule has 4 saturated heterocycles. The van der Waals surface area contributed by atoms with Crippen LogP contribution in [0.5, 0.6) is 5.75 Å². The molecule has 65 heavy (non-hydrogen) atoms. The third kappa shape index (κ3) is 9.43. The maximum absolute atomic E-state index is 14.1. The average molecular weight is 991 g/mol. The van der Waals surface area contributed by atoms with Crippen LogP contribution in [-0.2, 0) is 18.9 Å². The van der Waals surface area contributed by atoms with Crippen molar-refractivity contribution < 1.29 is 41.6 Å². The summed E-state index contributed by atoms with van der Waals surface area (Å²) >= 11 is 9.59. The maximum atomic E-state index is 14.1. The molecule has 0 amide bonds. The van der Waals surface area contributed by atoms with Gasteiger partial charge in [0.1, 0.15) is 33.4 Å². The van der Waals surface area contributed by atoms with E-state index >= 15 is 0 Å². The Morgan fingerprint density at radius 2 is 1.08 bits per heavy atom. The van der Waals surface area contributed by atoms with Crippen molar-refractivity contribution >= 4 is 73.1 Å². The minimum absolute atomic E-state index is 0.0582. The number of aromatic nitrogens is 9. The minimum Gasteiger partial charge on any atom is -0.506 e. The van der Waals surface area contributed by atoms with Crippen LogP contribution < -0.4 is 19.6 Å². The van der Waals surface area contributed by atoms with Gasteiger partial charge in [0.25, 0.3) is 12.9 Å². The summed E-state index contributed by atoms with van der Waals surface area (Å²) in [6.45, 7) is 12.7. The average Bonchev–Trinajstić information content (AvgIpc) is 3.92. The normalized spacial score (nSPS) is 18.2. The van der Waals surface area contributed by atoms with Gasteiger partial charge < -0.3 is 43.7 Å². The highest BCUT2D eigenvalue weighted by molar-refractivity contribution is 9.10. The highest BCUT2D eigenvalue weighted by atomic mass is 79.9. The predicted molar refractivity (Wildman–Crippen MR) is 237 cm³/mol. The van der Waals surface area contributed by atoms with Gasteiger partial charge in [0.05, 0.1) is 62.9 Å². The fourth-order valence-electron chi connectivity index (χ4n) is 8.01. The van der Waals surface area contributed by atoms with Gasteiger partial charge in [-0.3, -0.25) is 9.13 Å². The zero-order chi connectivity index (χ0) is 45.4. The number of phenols is 1. The van der Waals surface area contributed by atoms with E-state index in [1.54, 1.807) is 18.2 Å². The van der Waals surface area contributed by atoms with Crippen molar-refractivity contribution in [2.24, 2.45) is 0 Å². The highest BCUT2D eigenvalue weighted by Gasteiger charge is 2.32. The molecule has 4 aromatic heterocycles. The fourth-order valence-corrected chi connectivity index (χ4v) is 8.65. The van der Waals surface area contributed by atoms with Gasteiger partial charge in [0.15, 0.2) is 11.6 Å². The predicted octanol–water partition coefficient (Wildman–Crippen LogP) is 6.15. The first-order chi connectivity index (χ1) is 31.3. The van der Waals surface area contributed by atoms with Crippen LogP contribution in [0, 0.1) is 0 Å². The molecule has 2 aromatic carbocycles. The highest BCUT2D eigenvalue weighted by Crippen LogP contribution is 2.37. The number of para-hydroxylation sites is 1. The number of halogens is 6. The van der Waals surface area contributed by atoms with Crippen LogP contribution >= 0.6 is 27.5 Å². The molecule has 10 rings (SSSR count). The molecule has 0 radical (unpaired) electrons. The molecule has 24 heteroatoms. The van der Waals surface area contributed by atoms with E-state index in [1.165, 1.54) is 21.3 Å². The van der Waals surface area contributed by atoms with Crippen molar-refractivity contribution in [3.8, 4) is 17.6 Å². The second kappa shape index (κ2) is 19.0. The summed E-state index contributed by atoms with van der Waals surface area (Å²) in [5.41, 5.74) is 0.885. The number of ether oxygens (including phenoxy) is 4. The Kier molecular flexibility index (Phi) is 13.1. The molecule has 0 unspecified atom stereocenters. The third-order valence-electron chi connectivity index (χ3n) is 11.2. The Morgan fingerprint density at radius 1 is 0.600 bits per heavy atom. The van der Waals surface area contributed by atoms with Gasteiger partial charge in [0.2, 0.25) is 23.8 Å². The molecule has 18 nitrogen and oxygen atoms in total. The smallest absolute Gasteiger partial charge is 0.296 e. The molecule has 1 N–H and O–H groups in total. The topological polar surface area (TPSA) is 170 Å². The molecular formula is C41H45BrClF4N13O5. The molecule has 0 bridgehead atoms. The Bertz CT molecular complexity index is 2620. The lowest BCUT2D eigenvalue weighted by Crippen LogP contribution is -2.48. The molecule has 0 spiro atoms. The van der Waals surface area contributed by atoms with Crippen LogP contribution in [0.1, 0.15) is 38.3 Å². The maximum Gasteiger partial charge on any atom is 0.296 e. The van der Waals surface area contributed by atoms with Gasteiger partial charge in [-0.15, -0.1) is 0 Å². The summed E-state index contributed by atoms with van der Waals surface area (Å²) in [6.07, 6.45) is -5.71. The Balaban J connectivity index is 0.000000165. The summed E-state index contributed by atoms with van der Waals surface area (Å²) in [5.74, 6) is 1.08. The summed E-state index contributed by atoms with van der Waals surface area (Å²) in [5, 5.41) is 9.87. The van der Waals surface area contributed by atoms with Crippen LogP contribution in [0.2, 0.25) is 5.02 Å². The molecule has 346 valence electrons. The second-order valence-corrected chi connectivity index (χ2v) is 17.3. The van der Waals surface area contributed by atoms with E-state index in [9.17, 15) is 22.7 Å². The number of rotatable bonds is 8. The number of benzene rings is 2. The number of fused-ring (bicyclic) bond motifs is 2. The van der Waals surface area contributed by atoms with E-state index < -0.39 is 24.5 Å². The third-order valence-corrected chi connectivity index (χ3v) is 12.2. The van der Waals surface area contributed by atoms with Crippen molar-refractivity contribution in [2.45, 2.75) is 32.3 Å². The van der Waals surface area contributed by atoms with Gasteiger partial charge in [-0.1, -0.05) is 17.7 Å². The first-order valence-electron chi connectivity index (χ1n) is 21.0. The van der Waals surface area contributed by atoms with Crippen LogP contribution in [0.4, 0.5) is 41.1 Å². The number of aromatic hydroxyl groups is 1. The molecule has 0 aliphatic carbocycles. The van der Waals surface area contributed by atoms with Gasteiger partial charge in [-0.2, -0.15) is 24.9 Å². The van der Waals surface area contributed by atoms with Gasteiger partial charge in [0, 0.05) is 62.9 Å². The quantitative estimate of drug-likeness (QED) is 0.172. The number of phenolic OH excluding ortho intramolecular Hbond substituents is 1. The summed E-state index contributed by atoms with van der Waals surface area (Å²) < 4.78 is 81.5. The Hall–Kier alpha value is -5.20. The zero-order valence-corrected chi connectivity index (χ0v) is 37.7. The standard InChI is InChI=1S/C22H25ClF2N6O3.C19H20BrF2N7O2/c1-22(2)12-30(7-10-34-22)16-11-15(29-5-8-33-9-6-29)26-21(27-16)31-13-3-4-14(32)17(23)18(13)28-20(31)19(24)25;20-12-2-1-3-13-14(12)23-16(15(21)22)29(13)19-25-17(27-4-8-30-9-5-27)24-18(26-19)28-6-10-31-11-7-28/h3-4,11,19,32H,5-10,12H2,1-2H3;1-3,15H,4-11H2. The second-order valence-electron chi connectivity index (χ2n) is 16.0. The summed E-state index contributed by atoms with van der Waals surface area (Å²) in [6, 6.07) is 9.96. The van der Waals surface area contributed by atoms with Crippen molar-refractivity contribution in [1.29, 1.82) is 0 Å². The van der Waals surface area contributed by atoms with E-state index in [-0.39, 0.29) is 39.3 Å². The number of anilines is 4. The molecule has 0 saturated carbocycles. The lowest BCUT2D eigenvalue weighted by atomic mass is 10.1. The van der Waals surface area contributed by atoms with Crippen molar-refractivity contribution in [3.05, 3.63) is 57.5 Å². The van der Waals surface area contributed by atoms with Crippen LogP contribution in [0.25, 0.3) is 34.0 Å². The first-order valence-corrected chi connectivity index (χ1v) is 22.2. The fraction of sp³-hybridized carbons (Fsp3) is 0.488. The monoisotopic (exact) mass is 989 g/mol. The van der Waals surface area contributed by atoms with Crippen molar-refractivity contribution in [3.63, 3.8) is 0 Å². The van der Waals surface area contributed by atoms with Crippen molar-refractivity contribution in [1.82, 2.24) is 44.0 Å². The van der Waals surface area contributed by atoms with Crippen molar-refractivity contribution in [2.75, 3.05) is 118 Å². The summed E-state index contributed by atoms with van der Waals surface area (Å²) in [4.78, 5) is 39.4. The Labute approximate surface area is 383 Å². The van der Waals surface area contributed by atoms with E-state index in [2.05, 4.69) is 50.7 Å². The van der Waals surface area contributed by atoms with Crippen LogP contribution in [0.3, 0.4) is 0 Å². The van der Waals surface area contributed by atoms with Crippen LogP contribution in [0.15, 0.2) is 40.9 Å². The first kappa shape index (κ1) is 45.0. The number of alkyl halides is 4. The van der Waals surface area contributed by atoms with E-state index in [4.69, 9.17) is 35.5 Å². The van der Waals surface area contributed by atoms with Gasteiger partial charge in [-0.05, 0) is 54.0 Å². The molecule has 4 aliphatic rings. The molecule has 0 atom stereocenters. The van der Waals surface area contributed by atoms with E-state index in [0.29, 0.717) is 138 Å². The molecule has 6 aromatic rings. The molecule has 8 heterocycles. The summed E-state index contributed by atoms with van der Waals surface area (Å²) in [7, 11) is 0. The molecule has 4 fully saturated rings. The SMILES string of the molecule is CC1(C)CN(c2cc(N3CCOCC3)nc(-n3c(C(F)F)nc4c(Cl)c(O)ccc43)n2)CCO1.FC(F)c1nc2c(Br)cccc2n1-c1nc(N2CCOCC2)nc(N2CCOCC2)n1. The largest absolute Gasteiger partial charge is 0.506 e. The van der Waals surface area contributed by atoms with Gasteiger partial charge >= 0.3 is 0 Å². The minimum atomic E-state index is -2.91. The van der Waals surface area contributed by atoms with Crippen LogP contribution in [-0.4, -0.2) is 153 Å². The number of nitrogens with zero attached hydrogens (tertiary/aromatic N) is 13. The van der Waals surface area contributed by atoms with E-state index in [0.717, 1.165) is 0 Å². The number of morpholine rings is 4. The van der Waals surface area contributed by atoms with Gasteiger partial charge in [-0.25, -0.2) is 27.5 Å². The lowest BCUT2D eigenvalue weighted by molar-refractivity contribution is -0.0279. The molecule has 4 aliphatic heterocycles. The number of hydrogen-bond donors (Lipinski definition) is 1.